The van der Waals surface area contributed by atoms with Gasteiger partial charge in [0.1, 0.15) is 5.52 Å². The maximum atomic E-state index is 6.31. The van der Waals surface area contributed by atoms with E-state index in [1.54, 1.807) is 0 Å². The van der Waals surface area contributed by atoms with Crippen LogP contribution in [-0.4, -0.2) is 4.98 Å². The number of oxazole rings is 1. The zero-order valence-electron chi connectivity index (χ0n) is 26.9. The van der Waals surface area contributed by atoms with Crippen LogP contribution in [0.15, 0.2) is 180 Å². The summed E-state index contributed by atoms with van der Waals surface area (Å²) in [6, 6.07) is 60.9. The van der Waals surface area contributed by atoms with Gasteiger partial charge in [0.2, 0.25) is 5.89 Å². The second-order valence-corrected chi connectivity index (χ2v) is 12.4. The topological polar surface area (TPSA) is 41.7 Å². The number of anilines is 6. The van der Waals surface area contributed by atoms with Crippen LogP contribution >= 0.6 is 0 Å². The largest absolute Gasteiger partial charge is 0.453 e. The average molecular weight is 644 g/mol. The molecule has 5 heteroatoms. The highest BCUT2D eigenvalue weighted by atomic mass is 16.5. The fraction of sp³-hybridized carbons (Fsp3) is 0. The highest BCUT2D eigenvalue weighted by Gasteiger charge is 2.26. The Morgan fingerprint density at radius 1 is 0.500 bits per heavy atom. The van der Waals surface area contributed by atoms with E-state index in [0.717, 1.165) is 83.8 Å². The van der Waals surface area contributed by atoms with Crippen molar-refractivity contribution in [2.24, 2.45) is 0 Å². The van der Waals surface area contributed by atoms with E-state index in [1.165, 1.54) is 0 Å². The molecule has 2 heterocycles. The Morgan fingerprint density at radius 3 is 1.92 bits per heavy atom. The molecule has 0 atom stereocenters. The van der Waals surface area contributed by atoms with Gasteiger partial charge in [0, 0.05) is 33.7 Å². The SMILES string of the molecule is c1ccc(-c2nc3c(ccc4ccc5cc(N(c6ccccc6)c6cccc(N7c8ccccc8Oc8ccccc87)c6)ccc5c43)o2)cc1. The molecule has 0 bridgehead atoms. The van der Waals surface area contributed by atoms with Gasteiger partial charge in [-0.05, 0) is 101 Å². The number of ether oxygens (including phenoxy) is 1. The number of hydrogen-bond acceptors (Lipinski definition) is 5. The van der Waals surface area contributed by atoms with Crippen molar-refractivity contribution in [3.8, 4) is 23.0 Å². The van der Waals surface area contributed by atoms with Gasteiger partial charge in [-0.1, -0.05) is 91.0 Å². The normalized spacial score (nSPS) is 12.1. The number of aromatic nitrogens is 1. The Kier molecular flexibility index (Phi) is 6.42. The minimum absolute atomic E-state index is 0.627. The van der Waals surface area contributed by atoms with E-state index in [0.29, 0.717) is 5.89 Å². The Morgan fingerprint density at radius 2 is 1.14 bits per heavy atom. The molecule has 1 aliphatic rings. The van der Waals surface area contributed by atoms with E-state index >= 15 is 0 Å². The molecular formula is C45H29N3O2. The second kappa shape index (κ2) is 11.4. The summed E-state index contributed by atoms with van der Waals surface area (Å²) in [5.74, 6) is 2.29. The van der Waals surface area contributed by atoms with Crippen LogP contribution in [0.4, 0.5) is 34.1 Å². The number of benzene rings is 8. The van der Waals surface area contributed by atoms with Crippen LogP contribution in [0.2, 0.25) is 0 Å². The van der Waals surface area contributed by atoms with Crippen molar-refractivity contribution in [3.63, 3.8) is 0 Å². The first-order chi connectivity index (χ1) is 24.8. The molecule has 0 saturated heterocycles. The third-order valence-electron chi connectivity index (χ3n) is 9.41. The minimum Gasteiger partial charge on any atom is -0.453 e. The first-order valence-corrected chi connectivity index (χ1v) is 16.7. The van der Waals surface area contributed by atoms with Crippen LogP contribution in [0.1, 0.15) is 0 Å². The summed E-state index contributed by atoms with van der Waals surface area (Å²) in [5, 5.41) is 4.48. The first kappa shape index (κ1) is 28.2. The molecule has 0 fully saturated rings. The summed E-state index contributed by atoms with van der Waals surface area (Å²) >= 11 is 0. The zero-order chi connectivity index (χ0) is 33.0. The van der Waals surface area contributed by atoms with Crippen molar-refractivity contribution in [2.75, 3.05) is 9.80 Å². The highest BCUT2D eigenvalue weighted by Crippen LogP contribution is 2.51. The monoisotopic (exact) mass is 643 g/mol. The minimum atomic E-state index is 0.627. The molecule has 5 nitrogen and oxygen atoms in total. The van der Waals surface area contributed by atoms with Crippen LogP contribution < -0.4 is 14.5 Å². The lowest BCUT2D eigenvalue weighted by molar-refractivity contribution is 0.477. The second-order valence-electron chi connectivity index (χ2n) is 12.4. The van der Waals surface area contributed by atoms with Gasteiger partial charge in [-0.25, -0.2) is 4.98 Å². The maximum Gasteiger partial charge on any atom is 0.227 e. The lowest BCUT2D eigenvalue weighted by Crippen LogP contribution is -2.16. The van der Waals surface area contributed by atoms with Crippen LogP contribution in [0.3, 0.4) is 0 Å². The maximum absolute atomic E-state index is 6.31. The van der Waals surface area contributed by atoms with Crippen molar-refractivity contribution >= 4 is 66.8 Å². The van der Waals surface area contributed by atoms with Crippen molar-refractivity contribution in [1.29, 1.82) is 0 Å². The third kappa shape index (κ3) is 4.60. The van der Waals surface area contributed by atoms with Crippen LogP contribution in [0, 0.1) is 0 Å². The van der Waals surface area contributed by atoms with Crippen LogP contribution in [0.5, 0.6) is 11.5 Å². The summed E-state index contributed by atoms with van der Waals surface area (Å²) in [6.45, 7) is 0. The van der Waals surface area contributed by atoms with Crippen molar-refractivity contribution in [2.45, 2.75) is 0 Å². The predicted octanol–water partition coefficient (Wildman–Crippen LogP) is 12.8. The lowest BCUT2D eigenvalue weighted by Gasteiger charge is -2.33. The quantitative estimate of drug-likeness (QED) is 0.175. The molecule has 1 aromatic heterocycles. The molecular weight excluding hydrogens is 615 g/mol. The molecule has 0 radical (unpaired) electrons. The smallest absolute Gasteiger partial charge is 0.227 e. The van der Waals surface area contributed by atoms with Crippen molar-refractivity contribution in [1.82, 2.24) is 4.98 Å². The predicted molar refractivity (Wildman–Crippen MR) is 204 cm³/mol. The molecule has 0 spiro atoms. The molecule has 10 rings (SSSR count). The van der Waals surface area contributed by atoms with Crippen molar-refractivity contribution < 1.29 is 9.15 Å². The van der Waals surface area contributed by atoms with Gasteiger partial charge in [-0.3, -0.25) is 0 Å². The summed E-state index contributed by atoms with van der Waals surface area (Å²) in [7, 11) is 0. The van der Waals surface area contributed by atoms with E-state index in [-0.39, 0.29) is 0 Å². The summed E-state index contributed by atoms with van der Waals surface area (Å²) in [4.78, 5) is 9.60. The fourth-order valence-corrected chi connectivity index (χ4v) is 7.15. The van der Waals surface area contributed by atoms with Gasteiger partial charge in [-0.2, -0.15) is 0 Å². The number of para-hydroxylation sites is 5. The molecule has 0 N–H and O–H groups in total. The molecule has 9 aromatic rings. The lowest BCUT2D eigenvalue weighted by atomic mass is 10.00. The molecule has 0 unspecified atom stereocenters. The van der Waals surface area contributed by atoms with Gasteiger partial charge in [0.05, 0.1) is 11.4 Å². The van der Waals surface area contributed by atoms with E-state index in [9.17, 15) is 0 Å². The summed E-state index contributed by atoms with van der Waals surface area (Å²) in [6.07, 6.45) is 0. The number of fused-ring (bicyclic) bond motifs is 7. The van der Waals surface area contributed by atoms with E-state index in [4.69, 9.17) is 14.1 Å². The van der Waals surface area contributed by atoms with E-state index in [1.807, 2.05) is 60.7 Å². The first-order valence-electron chi connectivity index (χ1n) is 16.7. The summed E-state index contributed by atoms with van der Waals surface area (Å²) < 4.78 is 12.6. The van der Waals surface area contributed by atoms with E-state index < -0.39 is 0 Å². The highest BCUT2D eigenvalue weighted by molar-refractivity contribution is 6.18. The average Bonchev–Trinajstić information content (AvgIpc) is 3.63. The summed E-state index contributed by atoms with van der Waals surface area (Å²) in [5.41, 5.74) is 8.83. The molecule has 0 aliphatic carbocycles. The van der Waals surface area contributed by atoms with Gasteiger partial charge in [0.25, 0.3) is 0 Å². The van der Waals surface area contributed by atoms with Gasteiger partial charge in [-0.15, -0.1) is 0 Å². The zero-order valence-corrected chi connectivity index (χ0v) is 26.9. The van der Waals surface area contributed by atoms with Gasteiger partial charge < -0.3 is 19.0 Å². The molecule has 1 aliphatic heterocycles. The Hall–Kier alpha value is -6.85. The molecule has 236 valence electrons. The molecule has 8 aromatic carbocycles. The Labute approximate surface area is 288 Å². The van der Waals surface area contributed by atoms with Crippen LogP contribution in [0.25, 0.3) is 44.1 Å². The fourth-order valence-electron chi connectivity index (χ4n) is 7.15. The molecule has 50 heavy (non-hydrogen) atoms. The number of hydrogen-bond donors (Lipinski definition) is 0. The van der Waals surface area contributed by atoms with E-state index in [2.05, 4.69) is 125 Å². The van der Waals surface area contributed by atoms with Crippen molar-refractivity contribution in [3.05, 3.63) is 176 Å². The van der Waals surface area contributed by atoms with Gasteiger partial charge in [0.15, 0.2) is 17.1 Å². The van der Waals surface area contributed by atoms with Gasteiger partial charge >= 0.3 is 0 Å². The standard InChI is InChI=1S/C45H29N3O2/c1-3-12-31(13-4-1)45-46-44-42(50-45)27-24-30-22-23-32-28-36(25-26-37(32)43(30)44)47(33-14-5-2-6-15-33)34-16-11-17-35(29-34)48-38-18-7-9-20-40(38)49-41-21-10-8-19-39(41)48/h1-29H. The Balaban J connectivity index is 1.13. The van der Waals surface area contributed by atoms with Crippen LogP contribution in [-0.2, 0) is 0 Å². The molecule has 0 saturated carbocycles. The number of rotatable bonds is 5. The number of nitrogens with zero attached hydrogens (tertiary/aromatic N) is 3. The Bertz CT molecular complexity index is 2660. The third-order valence-corrected chi connectivity index (χ3v) is 9.41. The molecule has 0 amide bonds.